The monoisotopic (exact) mass is 358 g/mol. The van der Waals surface area contributed by atoms with Gasteiger partial charge in [-0.25, -0.2) is 13.2 Å². The summed E-state index contributed by atoms with van der Waals surface area (Å²) in [4.78, 5) is 11.7. The van der Waals surface area contributed by atoms with Crippen molar-refractivity contribution in [1.29, 1.82) is 0 Å². The number of ether oxygens (including phenoxy) is 1. The Morgan fingerprint density at radius 2 is 1.96 bits per heavy atom. The van der Waals surface area contributed by atoms with Crippen molar-refractivity contribution < 1.29 is 17.9 Å². The summed E-state index contributed by atoms with van der Waals surface area (Å²) in [7, 11) is -3.53. The predicted molar refractivity (Wildman–Crippen MR) is 87.9 cm³/mol. The topological polar surface area (TPSA) is 75.7 Å². The third kappa shape index (κ3) is 4.70. The number of alkyl carbamates (subject to hydrolysis) is 1. The number of nitrogens with one attached hydrogen (secondary N) is 1. The van der Waals surface area contributed by atoms with Gasteiger partial charge in [0.15, 0.2) is 0 Å². The molecule has 1 saturated heterocycles. The highest BCUT2D eigenvalue weighted by molar-refractivity contribution is 7.89. The zero-order chi connectivity index (χ0) is 16.9. The highest BCUT2D eigenvalue weighted by atomic mass is 35.5. The lowest BCUT2D eigenvalue weighted by Crippen LogP contribution is -2.46. The summed E-state index contributed by atoms with van der Waals surface area (Å²) < 4.78 is 31.3. The first-order valence-electron chi connectivity index (χ1n) is 7.23. The molecule has 1 heterocycles. The quantitative estimate of drug-likeness (QED) is 0.820. The van der Waals surface area contributed by atoms with Crippen LogP contribution >= 0.6 is 11.6 Å². The van der Waals surface area contributed by atoms with Crippen molar-refractivity contribution in [2.75, 3.05) is 19.7 Å². The third-order valence-electron chi connectivity index (χ3n) is 3.56. The highest BCUT2D eigenvalue weighted by Crippen LogP contribution is 2.22. The molecule has 1 aliphatic heterocycles. The normalized spacial score (nSPS) is 16.7. The molecule has 6 nitrogen and oxygen atoms in total. The number of piperidine rings is 1. The van der Waals surface area contributed by atoms with Crippen molar-refractivity contribution in [1.82, 2.24) is 9.62 Å². The average molecular weight is 359 g/mol. The van der Waals surface area contributed by atoms with Gasteiger partial charge in [-0.15, -0.1) is 0 Å². The molecule has 1 N–H and O–H groups in total. The van der Waals surface area contributed by atoms with Gasteiger partial charge in [0.25, 0.3) is 0 Å². The molecular formula is C15H19ClN2O4S. The number of hydrogen-bond donors (Lipinski definition) is 1. The first-order valence-corrected chi connectivity index (χ1v) is 9.05. The largest absolute Gasteiger partial charge is 0.445 e. The van der Waals surface area contributed by atoms with Gasteiger partial charge in [-0.1, -0.05) is 24.3 Å². The zero-order valence-electron chi connectivity index (χ0n) is 12.6. The zero-order valence-corrected chi connectivity index (χ0v) is 14.1. The van der Waals surface area contributed by atoms with Crippen LogP contribution in [0.25, 0.3) is 0 Å². The van der Waals surface area contributed by atoms with Crippen LogP contribution in [0.2, 0.25) is 5.02 Å². The van der Waals surface area contributed by atoms with Crippen molar-refractivity contribution in [2.45, 2.75) is 23.8 Å². The van der Waals surface area contributed by atoms with Gasteiger partial charge in [-0.3, -0.25) is 0 Å². The lowest BCUT2D eigenvalue weighted by atomic mass is 10.1. The molecule has 126 valence electrons. The number of rotatable bonds is 5. The number of carbonyl (C=O) groups excluding carboxylic acids is 1. The maximum atomic E-state index is 12.5. The van der Waals surface area contributed by atoms with Crippen molar-refractivity contribution >= 4 is 27.7 Å². The maximum absolute atomic E-state index is 12.5. The number of hydrogen-bond acceptors (Lipinski definition) is 4. The van der Waals surface area contributed by atoms with Crippen LogP contribution in [-0.2, 0) is 14.8 Å². The minimum atomic E-state index is -3.53. The standard InChI is InChI=1S/C15H19ClN2O4S/c1-2-11-22-15(19)17-13-7-9-18(10-8-13)23(20,21)14-5-3-12(16)4-6-14/h2-6,13H,1,7-11H2,(H,17,19). The smallest absolute Gasteiger partial charge is 0.407 e. The lowest BCUT2D eigenvalue weighted by Gasteiger charge is -2.31. The van der Waals surface area contributed by atoms with E-state index in [4.69, 9.17) is 16.3 Å². The van der Waals surface area contributed by atoms with E-state index in [9.17, 15) is 13.2 Å². The number of benzene rings is 1. The molecule has 0 aromatic heterocycles. The molecule has 0 unspecified atom stereocenters. The van der Waals surface area contributed by atoms with Crippen LogP contribution in [0.3, 0.4) is 0 Å². The molecule has 1 aromatic carbocycles. The Hall–Kier alpha value is -1.57. The minimum absolute atomic E-state index is 0.0935. The molecule has 0 aliphatic carbocycles. The predicted octanol–water partition coefficient (Wildman–Crippen LogP) is 2.41. The van der Waals surface area contributed by atoms with Crippen LogP contribution in [-0.4, -0.2) is 44.6 Å². The third-order valence-corrected chi connectivity index (χ3v) is 5.72. The van der Waals surface area contributed by atoms with Crippen LogP contribution in [0, 0.1) is 0 Å². The van der Waals surface area contributed by atoms with E-state index in [0.717, 1.165) is 0 Å². The molecule has 0 spiro atoms. The molecule has 8 heteroatoms. The summed E-state index contributed by atoms with van der Waals surface area (Å²) in [5.74, 6) is 0. The van der Waals surface area contributed by atoms with Gasteiger partial charge >= 0.3 is 6.09 Å². The van der Waals surface area contributed by atoms with E-state index >= 15 is 0 Å². The second-order valence-electron chi connectivity index (χ2n) is 5.16. The Kier molecular flexibility index (Phi) is 6.04. The molecule has 1 fully saturated rings. The first-order chi connectivity index (χ1) is 10.9. The average Bonchev–Trinajstić information content (AvgIpc) is 2.54. The second-order valence-corrected chi connectivity index (χ2v) is 7.54. The van der Waals surface area contributed by atoms with Crippen LogP contribution < -0.4 is 5.32 Å². The number of carbonyl (C=O) groups is 1. The van der Waals surface area contributed by atoms with Crippen LogP contribution in [0.15, 0.2) is 41.8 Å². The molecule has 1 aromatic rings. The fourth-order valence-electron chi connectivity index (χ4n) is 2.34. The second kappa shape index (κ2) is 7.81. The molecule has 0 saturated carbocycles. The van der Waals surface area contributed by atoms with E-state index in [1.165, 1.54) is 22.5 Å². The molecule has 0 radical (unpaired) electrons. The molecule has 0 atom stereocenters. The molecule has 2 rings (SSSR count). The van der Waals surface area contributed by atoms with Gasteiger partial charge in [0.1, 0.15) is 6.61 Å². The van der Waals surface area contributed by atoms with Gasteiger partial charge in [0.05, 0.1) is 4.90 Å². The summed E-state index contributed by atoms with van der Waals surface area (Å²) in [6.45, 7) is 4.30. The van der Waals surface area contributed by atoms with E-state index in [1.54, 1.807) is 12.1 Å². The molecular weight excluding hydrogens is 340 g/mol. The Balaban J connectivity index is 1.92. The fraction of sp³-hybridized carbons (Fsp3) is 0.400. The van der Waals surface area contributed by atoms with Crippen molar-refractivity contribution in [2.24, 2.45) is 0 Å². The Bertz CT molecular complexity index is 653. The summed E-state index contributed by atoms with van der Waals surface area (Å²) in [5.41, 5.74) is 0. The van der Waals surface area contributed by atoms with E-state index in [1.807, 2.05) is 0 Å². The fourth-order valence-corrected chi connectivity index (χ4v) is 3.93. The minimum Gasteiger partial charge on any atom is -0.445 e. The molecule has 23 heavy (non-hydrogen) atoms. The SMILES string of the molecule is C=CCOC(=O)NC1CCN(S(=O)(=O)c2ccc(Cl)cc2)CC1. The van der Waals surface area contributed by atoms with Gasteiger partial charge in [-0.05, 0) is 37.1 Å². The Morgan fingerprint density at radius 1 is 1.35 bits per heavy atom. The van der Waals surface area contributed by atoms with Gasteiger partial charge in [0, 0.05) is 24.2 Å². The summed E-state index contributed by atoms with van der Waals surface area (Å²) in [6.07, 6.45) is 2.05. The van der Waals surface area contributed by atoms with Crippen molar-refractivity contribution in [3.63, 3.8) is 0 Å². The summed E-state index contributed by atoms with van der Waals surface area (Å²) in [5, 5.41) is 3.22. The first kappa shape index (κ1) is 17.8. The van der Waals surface area contributed by atoms with Crippen LogP contribution in [0.5, 0.6) is 0 Å². The van der Waals surface area contributed by atoms with E-state index in [-0.39, 0.29) is 17.5 Å². The molecule has 1 amide bonds. The number of nitrogens with zero attached hydrogens (tertiary/aromatic N) is 1. The van der Waals surface area contributed by atoms with Crippen molar-refractivity contribution in [3.8, 4) is 0 Å². The van der Waals surface area contributed by atoms with Gasteiger partial charge < -0.3 is 10.1 Å². The van der Waals surface area contributed by atoms with Crippen LogP contribution in [0.1, 0.15) is 12.8 Å². The van der Waals surface area contributed by atoms with Crippen LogP contribution in [0.4, 0.5) is 4.79 Å². The van der Waals surface area contributed by atoms with Gasteiger partial charge in [0.2, 0.25) is 10.0 Å². The van der Waals surface area contributed by atoms with Crippen molar-refractivity contribution in [3.05, 3.63) is 41.9 Å². The highest BCUT2D eigenvalue weighted by Gasteiger charge is 2.30. The Morgan fingerprint density at radius 3 is 2.52 bits per heavy atom. The molecule has 1 aliphatic rings. The maximum Gasteiger partial charge on any atom is 0.407 e. The van der Waals surface area contributed by atoms with E-state index in [2.05, 4.69) is 11.9 Å². The number of amides is 1. The van der Waals surface area contributed by atoms with E-state index < -0.39 is 16.1 Å². The van der Waals surface area contributed by atoms with E-state index in [0.29, 0.717) is 31.0 Å². The van der Waals surface area contributed by atoms with Gasteiger partial charge in [-0.2, -0.15) is 4.31 Å². The summed E-state index contributed by atoms with van der Waals surface area (Å²) >= 11 is 5.78. The molecule has 0 bridgehead atoms. The lowest BCUT2D eigenvalue weighted by molar-refractivity contribution is 0.149. The Labute approximate surface area is 141 Å². The summed E-state index contributed by atoms with van der Waals surface area (Å²) in [6, 6.07) is 6.00. The number of halogens is 1. The number of sulfonamides is 1.